The van der Waals surface area contributed by atoms with Crippen molar-refractivity contribution in [2.45, 2.75) is 0 Å². The van der Waals surface area contributed by atoms with Crippen molar-refractivity contribution in [2.24, 2.45) is 0 Å². The summed E-state index contributed by atoms with van der Waals surface area (Å²) < 4.78 is 0. The molecule has 0 saturated heterocycles. The van der Waals surface area contributed by atoms with Crippen LogP contribution in [0.5, 0.6) is 0 Å². The monoisotopic (exact) mass is 740 g/mol. The smallest absolute Gasteiger partial charge is 0.0816 e. The third-order valence-electron chi connectivity index (χ3n) is 11.2. The van der Waals surface area contributed by atoms with E-state index in [0.717, 1.165) is 111 Å². The minimum Gasteiger partial charge on any atom is -0.354 e. The van der Waals surface area contributed by atoms with Crippen LogP contribution >= 0.6 is 0 Å². The zero-order chi connectivity index (χ0) is 38.4. The number of allylic oxidation sites excluding steroid dienone is 1. The van der Waals surface area contributed by atoms with Crippen molar-refractivity contribution in [1.82, 2.24) is 19.9 Å². The summed E-state index contributed by atoms with van der Waals surface area (Å²) in [6, 6.07) is 66.2. The zero-order valence-corrected chi connectivity index (χ0v) is 31.5. The van der Waals surface area contributed by atoms with E-state index in [2.05, 4.69) is 216 Å². The van der Waals surface area contributed by atoms with E-state index in [0.29, 0.717) is 0 Å². The lowest BCUT2D eigenvalue weighted by Gasteiger charge is -2.12. The van der Waals surface area contributed by atoms with E-state index in [-0.39, 0.29) is 0 Å². The number of nitrogens with zero attached hydrogens (tertiary/aromatic N) is 2. The number of rotatable bonds is 4. The van der Waals surface area contributed by atoms with Gasteiger partial charge in [-0.05, 0) is 46.5 Å². The first-order chi connectivity index (χ1) is 28.8. The van der Waals surface area contributed by atoms with Crippen LogP contribution in [0, 0.1) is 0 Å². The van der Waals surface area contributed by atoms with Crippen molar-refractivity contribution in [3.8, 4) is 67.0 Å². The van der Waals surface area contributed by atoms with Gasteiger partial charge in [0.2, 0.25) is 0 Å². The van der Waals surface area contributed by atoms with Crippen LogP contribution in [0.3, 0.4) is 0 Å². The van der Waals surface area contributed by atoms with Crippen LogP contribution in [0.1, 0.15) is 5.69 Å². The lowest BCUT2D eigenvalue weighted by molar-refractivity contribution is 1.23. The molecule has 5 heterocycles. The van der Waals surface area contributed by atoms with Crippen LogP contribution < -0.4 is 5.35 Å². The predicted octanol–water partition coefficient (Wildman–Crippen LogP) is 13.2. The Morgan fingerprint density at radius 2 is 0.793 bits per heavy atom. The van der Waals surface area contributed by atoms with Gasteiger partial charge in [0, 0.05) is 55.2 Å². The molecule has 8 bridgehead atoms. The SMILES string of the molecule is C1=Cc2[nH]c(c(-c3ccccc3)c3nc(c(-c4ccccc4)c4[nH]c(c(-c5ccccc5)c5cccc(n5)c2-c2ccccc2)c2ccccc42)-c2ccccc2-3)=C1. The van der Waals surface area contributed by atoms with Crippen molar-refractivity contribution in [3.05, 3.63) is 205 Å². The van der Waals surface area contributed by atoms with E-state index >= 15 is 0 Å². The molecule has 0 amide bonds. The van der Waals surface area contributed by atoms with Gasteiger partial charge in [-0.3, -0.25) is 0 Å². The highest BCUT2D eigenvalue weighted by Gasteiger charge is 2.25. The fourth-order valence-electron chi connectivity index (χ4n) is 8.66. The molecule has 2 N–H and O–H groups in total. The molecule has 0 unspecified atom stereocenters. The Morgan fingerprint density at radius 1 is 0.345 bits per heavy atom. The number of hydrogen-bond acceptors (Lipinski definition) is 2. The maximum Gasteiger partial charge on any atom is 0.0816 e. The summed E-state index contributed by atoms with van der Waals surface area (Å²) in [4.78, 5) is 19.3. The standard InChI is InChI=1S/C54H36N4/c1-5-19-35(20-6-1)47-43-31-17-33-45(55-43)48(36-21-7-2-8-22-36)51-39-27-13-15-29-41(39)53(57-51)50(38-25-11-4-12-26-38)54-42-30-16-14-28-40(42)52(58-54)49(37-23-9-3-10-24-37)46-34-18-32-44(47)56-46/h1-34,55,58H. The van der Waals surface area contributed by atoms with Gasteiger partial charge in [-0.25, -0.2) is 9.97 Å². The van der Waals surface area contributed by atoms with Gasteiger partial charge >= 0.3 is 0 Å². The molecule has 9 aromatic rings. The highest BCUT2D eigenvalue weighted by Crippen LogP contribution is 2.46. The van der Waals surface area contributed by atoms with Gasteiger partial charge in [0.05, 0.1) is 33.5 Å². The average Bonchev–Trinajstić information content (AvgIpc) is 3.85. The van der Waals surface area contributed by atoms with E-state index in [1.54, 1.807) is 0 Å². The molecule has 6 aromatic carbocycles. The molecular formula is C54H36N4. The van der Waals surface area contributed by atoms with Crippen molar-refractivity contribution < 1.29 is 0 Å². The summed E-state index contributed by atoms with van der Waals surface area (Å²) in [5.74, 6) is 0. The third-order valence-corrected chi connectivity index (χ3v) is 11.2. The molecule has 2 aliphatic heterocycles. The van der Waals surface area contributed by atoms with Crippen LogP contribution in [0.2, 0.25) is 0 Å². The minimum absolute atomic E-state index is 0.866. The topological polar surface area (TPSA) is 57.4 Å². The Morgan fingerprint density at radius 3 is 1.38 bits per heavy atom. The molecule has 2 aliphatic rings. The summed E-state index contributed by atoms with van der Waals surface area (Å²) in [7, 11) is 0. The lowest BCUT2D eigenvalue weighted by atomic mass is 9.94. The van der Waals surface area contributed by atoms with Gasteiger partial charge in [-0.15, -0.1) is 0 Å². The Bertz CT molecular complexity index is 3310. The Labute approximate surface area is 335 Å². The van der Waals surface area contributed by atoms with Gasteiger partial charge in [-0.2, -0.15) is 0 Å². The molecule has 4 heteroatoms. The van der Waals surface area contributed by atoms with Crippen LogP contribution in [0.25, 0.3) is 112 Å². The molecule has 0 aliphatic carbocycles. The molecule has 272 valence electrons. The quantitative estimate of drug-likeness (QED) is 0.189. The van der Waals surface area contributed by atoms with E-state index in [4.69, 9.17) is 9.97 Å². The van der Waals surface area contributed by atoms with Crippen LogP contribution in [-0.4, -0.2) is 19.9 Å². The number of aromatic amines is 2. The number of aromatic nitrogens is 4. The number of benzene rings is 6. The normalized spacial score (nSPS) is 11.9. The fourth-order valence-corrected chi connectivity index (χ4v) is 8.66. The maximum atomic E-state index is 5.76. The summed E-state index contributed by atoms with van der Waals surface area (Å²) in [6.45, 7) is 0. The molecule has 0 spiro atoms. The molecule has 4 nitrogen and oxygen atoms in total. The van der Waals surface area contributed by atoms with E-state index in [1.165, 1.54) is 0 Å². The molecule has 0 saturated carbocycles. The van der Waals surface area contributed by atoms with E-state index < -0.39 is 0 Å². The van der Waals surface area contributed by atoms with Gasteiger partial charge < -0.3 is 9.97 Å². The summed E-state index contributed by atoms with van der Waals surface area (Å²) in [5, 5.41) is 3.18. The van der Waals surface area contributed by atoms with Crippen molar-refractivity contribution in [2.75, 3.05) is 0 Å². The largest absolute Gasteiger partial charge is 0.354 e. The molecule has 0 fully saturated rings. The van der Waals surface area contributed by atoms with Crippen LogP contribution in [-0.2, 0) is 0 Å². The Kier molecular flexibility index (Phi) is 8.11. The van der Waals surface area contributed by atoms with Gasteiger partial charge in [0.1, 0.15) is 0 Å². The molecule has 0 radical (unpaired) electrons. The second-order valence-electron chi connectivity index (χ2n) is 14.6. The minimum atomic E-state index is 0.866. The fraction of sp³-hybridized carbons (Fsp3) is 0. The molecule has 11 rings (SSSR count). The number of pyridine rings is 1. The van der Waals surface area contributed by atoms with Crippen molar-refractivity contribution >= 4 is 45.0 Å². The summed E-state index contributed by atoms with van der Waals surface area (Å²) >= 11 is 0. The Balaban J connectivity index is 1.47. The second kappa shape index (κ2) is 14.0. The van der Waals surface area contributed by atoms with E-state index in [1.807, 2.05) is 0 Å². The van der Waals surface area contributed by atoms with Gasteiger partial charge in [-0.1, -0.05) is 182 Å². The van der Waals surface area contributed by atoms with E-state index in [9.17, 15) is 0 Å². The highest BCUT2D eigenvalue weighted by molar-refractivity contribution is 6.18. The summed E-state index contributed by atoms with van der Waals surface area (Å²) in [5.41, 5.74) is 17.1. The molecular weight excluding hydrogens is 705 g/mol. The van der Waals surface area contributed by atoms with Gasteiger partial charge in [0.15, 0.2) is 0 Å². The number of hydrogen-bond donors (Lipinski definition) is 2. The second-order valence-corrected chi connectivity index (χ2v) is 14.6. The van der Waals surface area contributed by atoms with Crippen LogP contribution in [0.15, 0.2) is 194 Å². The Hall–Kier alpha value is -7.82. The first-order valence-electron chi connectivity index (χ1n) is 19.7. The van der Waals surface area contributed by atoms with Gasteiger partial charge in [0.25, 0.3) is 0 Å². The third kappa shape index (κ3) is 5.62. The first kappa shape index (κ1) is 33.5. The predicted molar refractivity (Wildman–Crippen MR) is 242 cm³/mol. The molecule has 0 atom stereocenters. The zero-order valence-electron chi connectivity index (χ0n) is 31.5. The number of nitrogens with one attached hydrogen (secondary N) is 2. The van der Waals surface area contributed by atoms with Crippen molar-refractivity contribution in [3.63, 3.8) is 0 Å². The number of fused-ring (bicyclic) bond motifs is 14. The maximum absolute atomic E-state index is 5.76. The first-order valence-corrected chi connectivity index (χ1v) is 19.7. The van der Waals surface area contributed by atoms with Crippen molar-refractivity contribution in [1.29, 1.82) is 0 Å². The van der Waals surface area contributed by atoms with Crippen LogP contribution in [0.4, 0.5) is 0 Å². The lowest BCUT2D eigenvalue weighted by Crippen LogP contribution is -2.13. The molecule has 3 aromatic heterocycles. The summed E-state index contributed by atoms with van der Waals surface area (Å²) in [6.07, 6.45) is 6.46. The number of H-pyrrole nitrogens is 2. The molecule has 58 heavy (non-hydrogen) atoms. The highest BCUT2D eigenvalue weighted by atomic mass is 14.8. The average molecular weight is 741 g/mol.